The van der Waals surface area contributed by atoms with E-state index < -0.39 is 17.5 Å². The average molecular weight is 364 g/mol. The molecule has 0 atom stereocenters. The highest BCUT2D eigenvalue weighted by Crippen LogP contribution is 2.28. The van der Waals surface area contributed by atoms with Gasteiger partial charge in [0.15, 0.2) is 0 Å². The predicted molar refractivity (Wildman–Crippen MR) is 92.1 cm³/mol. The van der Waals surface area contributed by atoms with Crippen molar-refractivity contribution in [3.8, 4) is 0 Å². The minimum atomic E-state index is -0.725. The third-order valence-electron chi connectivity index (χ3n) is 4.80. The third-order valence-corrected chi connectivity index (χ3v) is 4.80. The summed E-state index contributed by atoms with van der Waals surface area (Å²) < 4.78 is 30.2. The second-order valence-corrected chi connectivity index (χ2v) is 6.92. The molecule has 2 heterocycles. The molecule has 26 heavy (non-hydrogen) atoms. The van der Waals surface area contributed by atoms with Gasteiger partial charge in [0.25, 0.3) is 5.91 Å². The molecule has 1 aromatic carbocycles. The van der Waals surface area contributed by atoms with E-state index in [1.807, 2.05) is 13.8 Å². The standard InChI is InChI=1S/C18H22F2N4O2/c1-11(2)24-16(21-22(3)18(24)26)12-6-8-23(9-7-12)17(25)14-10-13(19)4-5-15(14)20/h4-5,10-12H,6-9H2,1-3H3. The Kier molecular flexibility index (Phi) is 4.93. The zero-order valence-corrected chi connectivity index (χ0v) is 15.1. The lowest BCUT2D eigenvalue weighted by molar-refractivity contribution is 0.0704. The molecule has 3 rings (SSSR count). The van der Waals surface area contributed by atoms with Crippen LogP contribution in [0.1, 0.15) is 54.8 Å². The van der Waals surface area contributed by atoms with E-state index in [0.717, 1.165) is 24.0 Å². The fraction of sp³-hybridized carbons (Fsp3) is 0.500. The summed E-state index contributed by atoms with van der Waals surface area (Å²) in [5.74, 6) is -1.11. The SMILES string of the molecule is CC(C)n1c(C2CCN(C(=O)c3cc(F)ccc3F)CC2)nn(C)c1=O. The maximum Gasteiger partial charge on any atom is 0.345 e. The fourth-order valence-corrected chi connectivity index (χ4v) is 3.43. The van der Waals surface area contributed by atoms with E-state index in [2.05, 4.69) is 5.10 Å². The van der Waals surface area contributed by atoms with Gasteiger partial charge >= 0.3 is 5.69 Å². The van der Waals surface area contributed by atoms with Gasteiger partial charge in [-0.15, -0.1) is 0 Å². The number of rotatable bonds is 3. The van der Waals surface area contributed by atoms with Gasteiger partial charge in [-0.25, -0.2) is 18.3 Å². The van der Waals surface area contributed by atoms with Crippen molar-refractivity contribution in [3.63, 3.8) is 0 Å². The number of amides is 1. The molecular formula is C18H22F2N4O2. The van der Waals surface area contributed by atoms with Crippen LogP contribution in [-0.2, 0) is 7.05 Å². The van der Waals surface area contributed by atoms with E-state index in [1.54, 1.807) is 11.6 Å². The van der Waals surface area contributed by atoms with Crippen LogP contribution in [0.4, 0.5) is 8.78 Å². The van der Waals surface area contributed by atoms with E-state index in [-0.39, 0.29) is 23.2 Å². The molecular weight excluding hydrogens is 342 g/mol. The number of hydrogen-bond donors (Lipinski definition) is 0. The Morgan fingerprint density at radius 1 is 1.23 bits per heavy atom. The van der Waals surface area contributed by atoms with Gasteiger partial charge in [0, 0.05) is 32.1 Å². The number of aromatic nitrogens is 3. The molecule has 0 radical (unpaired) electrons. The maximum absolute atomic E-state index is 13.8. The first-order valence-corrected chi connectivity index (χ1v) is 8.69. The minimum absolute atomic E-state index is 0.00717. The molecule has 8 heteroatoms. The lowest BCUT2D eigenvalue weighted by Gasteiger charge is -2.32. The first-order chi connectivity index (χ1) is 12.3. The normalized spacial score (nSPS) is 15.7. The number of halogens is 2. The quantitative estimate of drug-likeness (QED) is 0.841. The van der Waals surface area contributed by atoms with Gasteiger partial charge in [-0.1, -0.05) is 0 Å². The van der Waals surface area contributed by atoms with E-state index in [9.17, 15) is 18.4 Å². The zero-order chi connectivity index (χ0) is 19.0. The topological polar surface area (TPSA) is 60.1 Å². The van der Waals surface area contributed by atoms with Crippen LogP contribution in [0.15, 0.2) is 23.0 Å². The van der Waals surface area contributed by atoms with Gasteiger partial charge in [0.2, 0.25) is 0 Å². The van der Waals surface area contributed by atoms with Gasteiger partial charge in [-0.05, 0) is 44.9 Å². The molecule has 140 valence electrons. The van der Waals surface area contributed by atoms with Gasteiger partial charge in [-0.2, -0.15) is 5.10 Å². The van der Waals surface area contributed by atoms with E-state index in [1.165, 1.54) is 9.58 Å². The minimum Gasteiger partial charge on any atom is -0.339 e. The third kappa shape index (κ3) is 3.27. The molecule has 1 saturated heterocycles. The van der Waals surface area contributed by atoms with Crippen LogP contribution in [0.2, 0.25) is 0 Å². The van der Waals surface area contributed by atoms with Crippen molar-refractivity contribution in [3.05, 3.63) is 51.7 Å². The first kappa shape index (κ1) is 18.3. The van der Waals surface area contributed by atoms with Crippen molar-refractivity contribution < 1.29 is 13.6 Å². The molecule has 1 aromatic heterocycles. The molecule has 2 aromatic rings. The summed E-state index contributed by atoms with van der Waals surface area (Å²) in [6, 6.07) is 2.88. The number of aryl methyl sites for hydroxylation is 1. The first-order valence-electron chi connectivity index (χ1n) is 8.69. The van der Waals surface area contributed by atoms with Gasteiger partial charge in [0.05, 0.1) is 5.56 Å². The molecule has 0 saturated carbocycles. The van der Waals surface area contributed by atoms with Crippen molar-refractivity contribution in [1.82, 2.24) is 19.2 Å². The number of carbonyl (C=O) groups is 1. The highest BCUT2D eigenvalue weighted by molar-refractivity contribution is 5.94. The summed E-state index contributed by atoms with van der Waals surface area (Å²) >= 11 is 0. The summed E-state index contributed by atoms with van der Waals surface area (Å²) in [5.41, 5.74) is -0.407. The summed E-state index contributed by atoms with van der Waals surface area (Å²) in [5, 5.41) is 4.36. The molecule has 0 spiro atoms. The van der Waals surface area contributed by atoms with Crippen molar-refractivity contribution >= 4 is 5.91 Å². The van der Waals surface area contributed by atoms with E-state index >= 15 is 0 Å². The molecule has 1 aliphatic heterocycles. The molecule has 1 fully saturated rings. The number of likely N-dealkylation sites (tertiary alicyclic amines) is 1. The van der Waals surface area contributed by atoms with Crippen LogP contribution in [-0.4, -0.2) is 38.2 Å². The van der Waals surface area contributed by atoms with Gasteiger partial charge in [-0.3, -0.25) is 9.36 Å². The lowest BCUT2D eigenvalue weighted by Crippen LogP contribution is -2.39. The van der Waals surface area contributed by atoms with Crippen LogP contribution in [0, 0.1) is 11.6 Å². The monoisotopic (exact) mass is 364 g/mol. The maximum atomic E-state index is 13.8. The molecule has 0 unspecified atom stereocenters. The second-order valence-electron chi connectivity index (χ2n) is 6.92. The summed E-state index contributed by atoms with van der Waals surface area (Å²) in [6.45, 7) is 4.67. The smallest absolute Gasteiger partial charge is 0.339 e. The molecule has 1 amide bonds. The highest BCUT2D eigenvalue weighted by atomic mass is 19.1. The number of carbonyl (C=O) groups excluding carboxylic acids is 1. The number of hydrogen-bond acceptors (Lipinski definition) is 3. The molecule has 0 aliphatic carbocycles. The van der Waals surface area contributed by atoms with Crippen LogP contribution in [0.25, 0.3) is 0 Å². The molecule has 1 aliphatic rings. The van der Waals surface area contributed by atoms with Gasteiger partial charge < -0.3 is 4.90 Å². The summed E-state index contributed by atoms with van der Waals surface area (Å²) in [4.78, 5) is 26.2. The van der Waals surface area contributed by atoms with Crippen molar-refractivity contribution in [1.29, 1.82) is 0 Å². The second kappa shape index (κ2) is 7.01. The van der Waals surface area contributed by atoms with Crippen LogP contribution < -0.4 is 5.69 Å². The van der Waals surface area contributed by atoms with Crippen LogP contribution in [0.3, 0.4) is 0 Å². The Morgan fingerprint density at radius 2 is 1.88 bits per heavy atom. The van der Waals surface area contributed by atoms with Gasteiger partial charge in [0.1, 0.15) is 17.5 Å². The Labute approximate surface area is 150 Å². The Bertz CT molecular complexity index is 880. The Hall–Kier alpha value is -2.51. The van der Waals surface area contributed by atoms with Crippen molar-refractivity contribution in [2.45, 2.75) is 38.6 Å². The number of benzene rings is 1. The van der Waals surface area contributed by atoms with Crippen LogP contribution in [0.5, 0.6) is 0 Å². The summed E-state index contributed by atoms with van der Waals surface area (Å²) in [7, 11) is 1.62. The highest BCUT2D eigenvalue weighted by Gasteiger charge is 2.30. The van der Waals surface area contributed by atoms with E-state index in [4.69, 9.17) is 0 Å². The van der Waals surface area contributed by atoms with Crippen LogP contribution >= 0.6 is 0 Å². The molecule has 6 nitrogen and oxygen atoms in total. The largest absolute Gasteiger partial charge is 0.345 e. The van der Waals surface area contributed by atoms with Crippen molar-refractivity contribution in [2.75, 3.05) is 13.1 Å². The summed E-state index contributed by atoms with van der Waals surface area (Å²) in [6.07, 6.45) is 1.23. The number of piperidine rings is 1. The number of nitrogens with zero attached hydrogens (tertiary/aromatic N) is 4. The predicted octanol–water partition coefficient (Wildman–Crippen LogP) is 2.46. The fourth-order valence-electron chi connectivity index (χ4n) is 3.43. The lowest BCUT2D eigenvalue weighted by atomic mass is 9.95. The van der Waals surface area contributed by atoms with Crippen molar-refractivity contribution in [2.24, 2.45) is 7.05 Å². The molecule has 0 bridgehead atoms. The van der Waals surface area contributed by atoms with E-state index in [0.29, 0.717) is 25.9 Å². The molecule has 0 N–H and O–H groups in total. The Morgan fingerprint density at radius 3 is 2.50 bits per heavy atom. The Balaban J connectivity index is 1.76. The average Bonchev–Trinajstić information content (AvgIpc) is 2.92. The zero-order valence-electron chi connectivity index (χ0n) is 15.1.